The summed E-state index contributed by atoms with van der Waals surface area (Å²) in [6.07, 6.45) is 0.788. The number of nitrogens with one attached hydrogen (secondary N) is 2. The highest BCUT2D eigenvalue weighted by Crippen LogP contribution is 2.16. The molecule has 2 amide bonds. The molecule has 2 aromatic carbocycles. The van der Waals surface area contributed by atoms with Gasteiger partial charge in [0.05, 0.1) is 13.1 Å². The first kappa shape index (κ1) is 21.9. The van der Waals surface area contributed by atoms with Gasteiger partial charge in [-0.25, -0.2) is 0 Å². The van der Waals surface area contributed by atoms with Gasteiger partial charge in [0.15, 0.2) is 0 Å². The minimum absolute atomic E-state index is 0.00508. The molecule has 5 nitrogen and oxygen atoms in total. The molecule has 28 heavy (non-hydrogen) atoms. The van der Waals surface area contributed by atoms with Crippen molar-refractivity contribution in [1.82, 2.24) is 10.2 Å². The molecule has 1 atom stereocenters. The van der Waals surface area contributed by atoms with Crippen molar-refractivity contribution in [2.24, 2.45) is 0 Å². The van der Waals surface area contributed by atoms with Gasteiger partial charge in [0.25, 0.3) is 0 Å². The summed E-state index contributed by atoms with van der Waals surface area (Å²) >= 11 is 5.92. The second-order valence-corrected chi connectivity index (χ2v) is 7.27. The van der Waals surface area contributed by atoms with Crippen LogP contribution in [0.2, 0.25) is 5.02 Å². The van der Waals surface area contributed by atoms with Crippen LogP contribution in [0.3, 0.4) is 0 Å². The number of benzene rings is 2. The Bertz CT molecular complexity index is 793. The Morgan fingerprint density at radius 2 is 1.79 bits per heavy atom. The topological polar surface area (TPSA) is 61.4 Å². The van der Waals surface area contributed by atoms with Crippen LogP contribution in [-0.2, 0) is 9.59 Å². The predicted molar refractivity (Wildman–Crippen MR) is 115 cm³/mol. The first-order valence-electron chi connectivity index (χ1n) is 9.52. The van der Waals surface area contributed by atoms with Gasteiger partial charge in [-0.3, -0.25) is 9.59 Å². The van der Waals surface area contributed by atoms with E-state index >= 15 is 0 Å². The second-order valence-electron chi connectivity index (χ2n) is 6.83. The van der Waals surface area contributed by atoms with Gasteiger partial charge in [-0.05, 0) is 49.6 Å². The number of hydrogen-bond acceptors (Lipinski definition) is 3. The summed E-state index contributed by atoms with van der Waals surface area (Å²) in [6, 6.07) is 15.1. The molecule has 0 aliphatic rings. The molecule has 0 heterocycles. The van der Waals surface area contributed by atoms with E-state index in [-0.39, 0.29) is 30.9 Å². The van der Waals surface area contributed by atoms with Crippen molar-refractivity contribution < 1.29 is 9.59 Å². The van der Waals surface area contributed by atoms with Crippen LogP contribution >= 0.6 is 11.6 Å². The molecule has 0 aromatic heterocycles. The van der Waals surface area contributed by atoms with Crippen LogP contribution in [0.5, 0.6) is 0 Å². The van der Waals surface area contributed by atoms with Gasteiger partial charge in [-0.1, -0.05) is 48.9 Å². The lowest BCUT2D eigenvalue weighted by atomic mass is 10.1. The van der Waals surface area contributed by atoms with Crippen molar-refractivity contribution in [2.45, 2.75) is 33.2 Å². The Labute approximate surface area is 172 Å². The van der Waals surface area contributed by atoms with Crippen LogP contribution in [-0.4, -0.2) is 36.3 Å². The number of carbonyl (C=O) groups is 2. The number of amides is 2. The molecule has 0 aliphatic heterocycles. The van der Waals surface area contributed by atoms with Gasteiger partial charge in [0.1, 0.15) is 0 Å². The first-order valence-corrected chi connectivity index (χ1v) is 9.90. The minimum Gasteiger partial charge on any atom is -0.332 e. The van der Waals surface area contributed by atoms with Gasteiger partial charge in [0.2, 0.25) is 11.8 Å². The average Bonchev–Trinajstić information content (AvgIpc) is 2.68. The molecule has 0 aliphatic carbocycles. The van der Waals surface area contributed by atoms with Crippen LogP contribution in [0, 0.1) is 6.92 Å². The van der Waals surface area contributed by atoms with Crippen molar-refractivity contribution >= 4 is 29.1 Å². The number of anilines is 1. The van der Waals surface area contributed by atoms with Crippen LogP contribution in [0.1, 0.15) is 37.4 Å². The molecular formula is C22H28ClN3O2. The summed E-state index contributed by atoms with van der Waals surface area (Å²) in [6.45, 7) is 6.66. The van der Waals surface area contributed by atoms with E-state index in [9.17, 15) is 9.59 Å². The van der Waals surface area contributed by atoms with Gasteiger partial charge < -0.3 is 15.5 Å². The first-order chi connectivity index (χ1) is 13.4. The summed E-state index contributed by atoms with van der Waals surface area (Å²) < 4.78 is 0. The Balaban J connectivity index is 1.90. The van der Waals surface area contributed by atoms with Crippen LogP contribution < -0.4 is 10.6 Å². The molecule has 0 fully saturated rings. The van der Waals surface area contributed by atoms with Crippen molar-refractivity contribution in [3.05, 3.63) is 64.7 Å². The van der Waals surface area contributed by atoms with Gasteiger partial charge in [-0.15, -0.1) is 0 Å². The SMILES string of the molecule is CCCN(CC(=O)Nc1ccccc1C)C(=O)CNC(C)c1ccc(Cl)cc1. The average molecular weight is 402 g/mol. The fourth-order valence-electron chi connectivity index (χ4n) is 2.86. The van der Waals surface area contributed by atoms with E-state index in [1.165, 1.54) is 0 Å². The second kappa shape index (κ2) is 10.8. The Morgan fingerprint density at radius 3 is 2.43 bits per heavy atom. The largest absolute Gasteiger partial charge is 0.332 e. The molecule has 0 saturated carbocycles. The fraction of sp³-hybridized carbons (Fsp3) is 0.364. The third-order valence-electron chi connectivity index (χ3n) is 4.53. The van der Waals surface area contributed by atoms with E-state index < -0.39 is 0 Å². The van der Waals surface area contributed by atoms with Crippen molar-refractivity contribution in [3.63, 3.8) is 0 Å². The highest BCUT2D eigenvalue weighted by atomic mass is 35.5. The van der Waals surface area contributed by atoms with E-state index in [0.717, 1.165) is 23.2 Å². The maximum atomic E-state index is 12.6. The lowest BCUT2D eigenvalue weighted by Gasteiger charge is -2.23. The van der Waals surface area contributed by atoms with Crippen molar-refractivity contribution in [1.29, 1.82) is 0 Å². The monoisotopic (exact) mass is 401 g/mol. The Morgan fingerprint density at radius 1 is 1.11 bits per heavy atom. The number of rotatable bonds is 9. The smallest absolute Gasteiger partial charge is 0.244 e. The standard InChI is InChI=1S/C22H28ClN3O2/c1-4-13-26(15-21(27)25-20-8-6-5-7-16(20)2)22(28)14-24-17(3)18-9-11-19(23)12-10-18/h5-12,17,24H,4,13-15H2,1-3H3,(H,25,27). The normalized spacial score (nSPS) is 11.7. The zero-order valence-electron chi connectivity index (χ0n) is 16.7. The van der Waals surface area contributed by atoms with Crippen LogP contribution in [0.4, 0.5) is 5.69 Å². The molecule has 1 unspecified atom stereocenters. The number of aryl methyl sites for hydroxylation is 1. The zero-order valence-corrected chi connectivity index (χ0v) is 17.4. The quantitative estimate of drug-likeness (QED) is 0.662. The molecule has 2 aromatic rings. The molecule has 2 rings (SSSR count). The molecule has 0 spiro atoms. The van der Waals surface area contributed by atoms with Crippen molar-refractivity contribution in [2.75, 3.05) is 25.0 Å². The number of carbonyl (C=O) groups excluding carboxylic acids is 2. The zero-order chi connectivity index (χ0) is 20.5. The molecule has 0 radical (unpaired) electrons. The van der Waals surface area contributed by atoms with E-state index in [0.29, 0.717) is 11.6 Å². The van der Waals surface area contributed by atoms with E-state index in [1.807, 2.05) is 69.3 Å². The van der Waals surface area contributed by atoms with Crippen molar-refractivity contribution in [3.8, 4) is 0 Å². The molecule has 2 N–H and O–H groups in total. The number of halogens is 1. The summed E-state index contributed by atoms with van der Waals surface area (Å²) in [4.78, 5) is 26.6. The summed E-state index contributed by atoms with van der Waals surface area (Å²) in [5.74, 6) is -0.288. The summed E-state index contributed by atoms with van der Waals surface area (Å²) in [5, 5.41) is 6.79. The predicted octanol–water partition coefficient (Wildman–Crippen LogP) is 4.18. The van der Waals surface area contributed by atoms with Gasteiger partial charge in [-0.2, -0.15) is 0 Å². The van der Waals surface area contributed by atoms with Gasteiger partial charge in [0, 0.05) is 23.3 Å². The number of hydrogen-bond donors (Lipinski definition) is 2. The summed E-state index contributed by atoms with van der Waals surface area (Å²) in [7, 11) is 0. The third-order valence-corrected chi connectivity index (χ3v) is 4.78. The third kappa shape index (κ3) is 6.66. The summed E-state index contributed by atoms with van der Waals surface area (Å²) in [5.41, 5.74) is 2.81. The van der Waals surface area contributed by atoms with E-state index in [1.54, 1.807) is 4.90 Å². The van der Waals surface area contributed by atoms with E-state index in [4.69, 9.17) is 11.6 Å². The highest BCUT2D eigenvalue weighted by molar-refractivity contribution is 6.30. The van der Waals surface area contributed by atoms with Crippen LogP contribution in [0.25, 0.3) is 0 Å². The van der Waals surface area contributed by atoms with Gasteiger partial charge >= 0.3 is 0 Å². The highest BCUT2D eigenvalue weighted by Gasteiger charge is 2.18. The minimum atomic E-state index is -0.193. The molecule has 6 heteroatoms. The fourth-order valence-corrected chi connectivity index (χ4v) is 2.99. The maximum Gasteiger partial charge on any atom is 0.244 e. The van der Waals surface area contributed by atoms with E-state index in [2.05, 4.69) is 10.6 Å². The lowest BCUT2D eigenvalue weighted by molar-refractivity contribution is -0.134. The van der Waals surface area contributed by atoms with Crippen LogP contribution in [0.15, 0.2) is 48.5 Å². The lowest BCUT2D eigenvalue weighted by Crippen LogP contribution is -2.43. The molecule has 0 bridgehead atoms. The molecule has 0 saturated heterocycles. The maximum absolute atomic E-state index is 12.6. The number of para-hydroxylation sites is 1. The number of nitrogens with zero attached hydrogens (tertiary/aromatic N) is 1. The Kier molecular flexibility index (Phi) is 8.48. The molecule has 150 valence electrons. The molecular weight excluding hydrogens is 374 g/mol. The Hall–Kier alpha value is -2.37.